The molecule has 8 heteroatoms. The molecule has 0 bridgehead atoms. The molecule has 194 valence electrons. The maximum Gasteiger partial charge on any atom is 0.253 e. The summed E-state index contributed by atoms with van der Waals surface area (Å²) < 4.78 is 18.4. The van der Waals surface area contributed by atoms with E-state index in [1.807, 2.05) is 48.5 Å². The Morgan fingerprint density at radius 2 is 1.70 bits per heavy atom. The molecule has 1 aromatic heterocycles. The van der Waals surface area contributed by atoms with Gasteiger partial charge in [0.2, 0.25) is 0 Å². The molecule has 2 aromatic carbocycles. The lowest BCUT2D eigenvalue weighted by Crippen LogP contribution is -2.44. The first-order valence-electron chi connectivity index (χ1n) is 12.8. The van der Waals surface area contributed by atoms with Crippen LogP contribution < -0.4 is 5.32 Å². The van der Waals surface area contributed by atoms with Gasteiger partial charge >= 0.3 is 0 Å². The zero-order valence-corrected chi connectivity index (χ0v) is 20.8. The topological polar surface area (TPSA) is 93.2 Å². The summed E-state index contributed by atoms with van der Waals surface area (Å²) in [6.07, 6.45) is 3.35. The van der Waals surface area contributed by atoms with Crippen LogP contribution in [0, 0.1) is 0 Å². The second kappa shape index (κ2) is 12.4. The van der Waals surface area contributed by atoms with E-state index in [-0.39, 0.29) is 24.7 Å². The van der Waals surface area contributed by atoms with Crippen LogP contribution in [0.4, 0.5) is 0 Å². The second-order valence-corrected chi connectivity index (χ2v) is 9.43. The molecule has 2 aliphatic heterocycles. The molecule has 8 nitrogen and oxygen atoms in total. The molecule has 3 heterocycles. The fourth-order valence-electron chi connectivity index (χ4n) is 4.68. The van der Waals surface area contributed by atoms with Crippen molar-refractivity contribution in [3.63, 3.8) is 0 Å². The molecule has 0 aliphatic carbocycles. The Labute approximate surface area is 217 Å². The molecule has 0 saturated carbocycles. The van der Waals surface area contributed by atoms with Crippen molar-refractivity contribution in [1.29, 1.82) is 0 Å². The molecule has 1 amide bonds. The third-order valence-corrected chi connectivity index (χ3v) is 6.81. The number of rotatable bonds is 8. The average molecular weight is 504 g/mol. The summed E-state index contributed by atoms with van der Waals surface area (Å²) in [7, 11) is 0. The van der Waals surface area contributed by atoms with E-state index in [1.54, 1.807) is 24.5 Å². The number of nitrogens with zero attached hydrogens (tertiary/aromatic N) is 2. The summed E-state index contributed by atoms with van der Waals surface area (Å²) in [5, 5.41) is 12.3. The number of morpholine rings is 1. The van der Waals surface area contributed by atoms with Crippen molar-refractivity contribution in [1.82, 2.24) is 15.2 Å². The lowest BCUT2D eigenvalue weighted by atomic mass is 9.99. The predicted molar refractivity (Wildman–Crippen MR) is 138 cm³/mol. The van der Waals surface area contributed by atoms with Crippen LogP contribution >= 0.6 is 0 Å². The molecule has 3 atom stereocenters. The zero-order chi connectivity index (χ0) is 25.5. The Morgan fingerprint density at radius 1 is 0.973 bits per heavy atom. The fraction of sp³-hybridized carbons (Fsp3) is 0.379. The van der Waals surface area contributed by atoms with E-state index in [1.165, 1.54) is 0 Å². The monoisotopic (exact) mass is 503 g/mol. The lowest BCUT2D eigenvalue weighted by Gasteiger charge is -2.39. The van der Waals surface area contributed by atoms with Crippen molar-refractivity contribution >= 4 is 5.91 Å². The van der Waals surface area contributed by atoms with E-state index < -0.39 is 6.29 Å². The summed E-state index contributed by atoms with van der Waals surface area (Å²) in [6, 6.07) is 19.4. The van der Waals surface area contributed by atoms with Gasteiger partial charge in [-0.2, -0.15) is 0 Å². The molecule has 2 fully saturated rings. The van der Waals surface area contributed by atoms with Crippen molar-refractivity contribution in [2.75, 3.05) is 32.8 Å². The Hall–Kier alpha value is -3.14. The van der Waals surface area contributed by atoms with Crippen LogP contribution in [0.25, 0.3) is 0 Å². The van der Waals surface area contributed by atoms with E-state index in [0.717, 1.165) is 61.5 Å². The van der Waals surface area contributed by atoms with Crippen molar-refractivity contribution < 1.29 is 24.1 Å². The van der Waals surface area contributed by atoms with Crippen molar-refractivity contribution in [2.24, 2.45) is 0 Å². The first-order valence-corrected chi connectivity index (χ1v) is 12.8. The van der Waals surface area contributed by atoms with Gasteiger partial charge in [0, 0.05) is 50.6 Å². The second-order valence-electron chi connectivity index (χ2n) is 9.43. The van der Waals surface area contributed by atoms with Crippen LogP contribution in [0.5, 0.6) is 0 Å². The van der Waals surface area contributed by atoms with Gasteiger partial charge in [0.15, 0.2) is 6.29 Å². The highest BCUT2D eigenvalue weighted by molar-refractivity contribution is 5.93. The molecule has 2 aliphatic rings. The minimum absolute atomic E-state index is 0.0119. The number of hydrogen-bond donors (Lipinski definition) is 2. The van der Waals surface area contributed by atoms with Gasteiger partial charge in [-0.3, -0.25) is 14.7 Å². The molecule has 0 unspecified atom stereocenters. The summed E-state index contributed by atoms with van der Waals surface area (Å²) in [6.45, 7) is 4.56. The van der Waals surface area contributed by atoms with E-state index >= 15 is 0 Å². The fourth-order valence-corrected chi connectivity index (χ4v) is 4.68. The third kappa shape index (κ3) is 6.80. The minimum atomic E-state index is -0.499. The van der Waals surface area contributed by atoms with Crippen LogP contribution in [-0.4, -0.2) is 59.8 Å². The standard InChI is InChI=1S/C29H33N3O5/c33-20-22-5-7-23(8-6-22)27-16-26(19-32-12-14-35-15-13-32)36-29(37-27)24-9-3-21(4-10-24)17-31-28(34)25-2-1-11-30-18-25/h1-11,18,26-27,29,33H,12-17,19-20H2,(H,31,34)/t26-,27+,29+/m1/s1. The molecule has 2 saturated heterocycles. The molecular formula is C29H33N3O5. The molecule has 0 spiro atoms. The number of aromatic nitrogens is 1. The van der Waals surface area contributed by atoms with Gasteiger partial charge in [-0.1, -0.05) is 48.5 Å². The van der Waals surface area contributed by atoms with Crippen molar-refractivity contribution in [3.05, 3.63) is 101 Å². The van der Waals surface area contributed by atoms with Gasteiger partial charge in [0.25, 0.3) is 5.91 Å². The number of nitrogens with one attached hydrogen (secondary N) is 1. The number of aliphatic hydroxyl groups is 1. The van der Waals surface area contributed by atoms with Gasteiger partial charge in [-0.15, -0.1) is 0 Å². The summed E-state index contributed by atoms with van der Waals surface area (Å²) in [4.78, 5) is 18.7. The Bertz CT molecular complexity index is 1130. The van der Waals surface area contributed by atoms with Crippen LogP contribution in [0.15, 0.2) is 73.1 Å². The van der Waals surface area contributed by atoms with E-state index in [9.17, 15) is 9.90 Å². The maximum atomic E-state index is 12.3. The number of aliphatic hydroxyl groups excluding tert-OH is 1. The normalized spacial score (nSPS) is 22.5. The number of carbonyl (C=O) groups is 1. The number of pyridine rings is 1. The highest BCUT2D eigenvalue weighted by Gasteiger charge is 2.33. The number of carbonyl (C=O) groups excluding carboxylic acids is 1. The van der Waals surface area contributed by atoms with E-state index in [4.69, 9.17) is 14.2 Å². The van der Waals surface area contributed by atoms with E-state index in [2.05, 4.69) is 15.2 Å². The molecular weight excluding hydrogens is 470 g/mol. The van der Waals surface area contributed by atoms with Gasteiger partial charge in [-0.05, 0) is 28.8 Å². The number of amides is 1. The zero-order valence-electron chi connectivity index (χ0n) is 20.8. The first-order chi connectivity index (χ1) is 18.2. The van der Waals surface area contributed by atoms with Gasteiger partial charge in [0.05, 0.1) is 37.6 Å². The Morgan fingerprint density at radius 3 is 2.41 bits per heavy atom. The van der Waals surface area contributed by atoms with Crippen LogP contribution in [-0.2, 0) is 27.4 Å². The Balaban J connectivity index is 1.26. The largest absolute Gasteiger partial charge is 0.392 e. The van der Waals surface area contributed by atoms with E-state index in [0.29, 0.717) is 12.1 Å². The Kier molecular flexibility index (Phi) is 8.55. The molecule has 0 radical (unpaired) electrons. The van der Waals surface area contributed by atoms with Crippen LogP contribution in [0.2, 0.25) is 0 Å². The quantitative estimate of drug-likeness (QED) is 0.487. The highest BCUT2D eigenvalue weighted by Crippen LogP contribution is 2.38. The number of hydrogen-bond acceptors (Lipinski definition) is 7. The molecule has 5 rings (SSSR count). The lowest BCUT2D eigenvalue weighted by molar-refractivity contribution is -0.253. The van der Waals surface area contributed by atoms with Gasteiger partial charge in [0.1, 0.15) is 0 Å². The SMILES string of the molecule is O=C(NCc1ccc([C@H]2O[C@@H](CN3CCOCC3)C[C@@H](c3ccc(CO)cc3)O2)cc1)c1cccnc1. The predicted octanol–water partition coefficient (Wildman–Crippen LogP) is 3.38. The van der Waals surface area contributed by atoms with Crippen LogP contribution in [0.1, 0.15) is 51.4 Å². The van der Waals surface area contributed by atoms with Gasteiger partial charge in [-0.25, -0.2) is 0 Å². The highest BCUT2D eigenvalue weighted by atomic mass is 16.7. The maximum absolute atomic E-state index is 12.3. The summed E-state index contributed by atoms with van der Waals surface area (Å²) >= 11 is 0. The number of ether oxygens (including phenoxy) is 3. The molecule has 2 N–H and O–H groups in total. The smallest absolute Gasteiger partial charge is 0.253 e. The minimum Gasteiger partial charge on any atom is -0.392 e. The third-order valence-electron chi connectivity index (χ3n) is 6.81. The van der Waals surface area contributed by atoms with Crippen LogP contribution in [0.3, 0.4) is 0 Å². The average Bonchev–Trinajstić information content (AvgIpc) is 2.97. The number of benzene rings is 2. The summed E-state index contributed by atoms with van der Waals surface area (Å²) in [5.74, 6) is -0.155. The molecule has 3 aromatic rings. The summed E-state index contributed by atoms with van der Waals surface area (Å²) in [5.41, 5.74) is 4.41. The molecule has 37 heavy (non-hydrogen) atoms. The first kappa shape index (κ1) is 25.5. The van der Waals surface area contributed by atoms with Crippen molar-refractivity contribution in [3.8, 4) is 0 Å². The van der Waals surface area contributed by atoms with Crippen molar-refractivity contribution in [2.45, 2.75) is 38.1 Å². The van der Waals surface area contributed by atoms with Gasteiger partial charge < -0.3 is 24.6 Å².